The van der Waals surface area contributed by atoms with Crippen LogP contribution in [0.5, 0.6) is 0 Å². The van der Waals surface area contributed by atoms with Gasteiger partial charge in [-0.1, -0.05) is 23.4 Å². The number of hydrogen-bond donors (Lipinski definition) is 2. The molecule has 0 unspecified atom stereocenters. The third-order valence-electron chi connectivity index (χ3n) is 2.08. The fourth-order valence-electron chi connectivity index (χ4n) is 1.22. The molecule has 1 heterocycles. The van der Waals surface area contributed by atoms with Crippen LogP contribution in [0.4, 0.5) is 0 Å². The van der Waals surface area contributed by atoms with Crippen LogP contribution < -0.4 is 5.56 Å². The van der Waals surface area contributed by atoms with E-state index in [0.29, 0.717) is 5.03 Å². The molecule has 0 fully saturated rings. The molecule has 0 aliphatic carbocycles. The normalized spacial score (nSPS) is 10.3. The Balaban J connectivity index is 2.26. The molecule has 18 heavy (non-hydrogen) atoms. The number of carboxylic acids is 1. The van der Waals surface area contributed by atoms with Gasteiger partial charge in [0.2, 0.25) is 0 Å². The molecular weight excluding hydrogens is 276 g/mol. The van der Waals surface area contributed by atoms with Crippen molar-refractivity contribution in [3.63, 3.8) is 0 Å². The third kappa shape index (κ3) is 2.72. The quantitative estimate of drug-likeness (QED) is 0.844. The van der Waals surface area contributed by atoms with Crippen molar-refractivity contribution in [3.05, 3.63) is 51.5 Å². The van der Waals surface area contributed by atoms with E-state index in [0.717, 1.165) is 4.90 Å². The Morgan fingerprint density at radius 1 is 1.33 bits per heavy atom. The lowest BCUT2D eigenvalue weighted by atomic mass is 10.2. The van der Waals surface area contributed by atoms with Crippen molar-refractivity contribution in [3.8, 4) is 0 Å². The molecule has 0 amide bonds. The number of H-pyrrole nitrogens is 1. The summed E-state index contributed by atoms with van der Waals surface area (Å²) in [4.78, 5) is 29.0. The second-order valence-electron chi connectivity index (χ2n) is 3.28. The van der Waals surface area contributed by atoms with E-state index in [1.807, 2.05) is 0 Å². The molecule has 92 valence electrons. The lowest BCUT2D eigenvalue weighted by molar-refractivity contribution is 0.0697. The molecule has 0 saturated carbocycles. The zero-order chi connectivity index (χ0) is 13.1. The van der Waals surface area contributed by atoms with Gasteiger partial charge in [0.1, 0.15) is 10.0 Å². The fraction of sp³-hybridized carbons (Fsp3) is 0. The third-order valence-corrected chi connectivity index (χ3v) is 3.55. The van der Waals surface area contributed by atoms with Gasteiger partial charge >= 0.3 is 5.97 Å². The molecule has 0 spiro atoms. The molecule has 0 radical (unpaired) electrons. The highest BCUT2D eigenvalue weighted by Gasteiger charge is 2.08. The first-order chi connectivity index (χ1) is 8.58. The van der Waals surface area contributed by atoms with Gasteiger partial charge in [-0.2, -0.15) is 0 Å². The molecule has 7 heteroatoms. The van der Waals surface area contributed by atoms with Gasteiger partial charge in [-0.05, 0) is 24.3 Å². The number of hydrogen-bond acceptors (Lipinski definition) is 4. The van der Waals surface area contributed by atoms with Crippen LogP contribution in [0.15, 0.2) is 45.3 Å². The van der Waals surface area contributed by atoms with Crippen molar-refractivity contribution < 1.29 is 9.90 Å². The Kier molecular flexibility index (Phi) is 3.69. The van der Waals surface area contributed by atoms with Crippen LogP contribution in [0.25, 0.3) is 0 Å². The number of halogens is 1. The van der Waals surface area contributed by atoms with Crippen LogP contribution in [0.1, 0.15) is 10.4 Å². The largest absolute Gasteiger partial charge is 0.478 e. The number of carboxylic acid groups (broad SMARTS) is 1. The summed E-state index contributed by atoms with van der Waals surface area (Å²) in [5.41, 5.74) is -0.208. The molecule has 1 aromatic heterocycles. The van der Waals surface area contributed by atoms with Crippen LogP contribution >= 0.6 is 23.4 Å². The predicted octanol–water partition coefficient (Wildman–Crippen LogP) is 2.27. The minimum absolute atomic E-state index is 0.0183. The maximum Gasteiger partial charge on any atom is 0.335 e. The number of aromatic amines is 1. The van der Waals surface area contributed by atoms with Crippen molar-refractivity contribution >= 4 is 29.3 Å². The van der Waals surface area contributed by atoms with Crippen molar-refractivity contribution in [1.82, 2.24) is 9.97 Å². The van der Waals surface area contributed by atoms with Crippen molar-refractivity contribution in [2.24, 2.45) is 0 Å². The Morgan fingerprint density at radius 3 is 2.61 bits per heavy atom. The van der Waals surface area contributed by atoms with E-state index in [1.165, 1.54) is 30.2 Å². The summed E-state index contributed by atoms with van der Waals surface area (Å²) in [6.45, 7) is 0. The van der Waals surface area contributed by atoms with Crippen LogP contribution in [0.2, 0.25) is 5.02 Å². The van der Waals surface area contributed by atoms with Crippen LogP contribution in [-0.4, -0.2) is 21.0 Å². The minimum atomic E-state index is -0.987. The van der Waals surface area contributed by atoms with Gasteiger partial charge in [0, 0.05) is 4.90 Å². The summed E-state index contributed by atoms with van der Waals surface area (Å²) in [7, 11) is 0. The summed E-state index contributed by atoms with van der Waals surface area (Å²) < 4.78 is 0. The highest BCUT2D eigenvalue weighted by Crippen LogP contribution is 2.29. The van der Waals surface area contributed by atoms with Gasteiger partial charge in [0.15, 0.2) is 0 Å². The first-order valence-electron chi connectivity index (χ1n) is 4.82. The Bertz CT molecular complexity index is 639. The molecular formula is C11H7ClN2O3S. The lowest BCUT2D eigenvalue weighted by Crippen LogP contribution is -2.07. The summed E-state index contributed by atoms with van der Waals surface area (Å²) in [6.07, 6.45) is 1.27. The maximum atomic E-state index is 11.3. The first kappa shape index (κ1) is 12.7. The van der Waals surface area contributed by atoms with Gasteiger partial charge in [-0.3, -0.25) is 4.79 Å². The van der Waals surface area contributed by atoms with Gasteiger partial charge in [0.25, 0.3) is 5.56 Å². The summed E-state index contributed by atoms with van der Waals surface area (Å²) in [6, 6.07) is 6.22. The monoisotopic (exact) mass is 282 g/mol. The highest BCUT2D eigenvalue weighted by molar-refractivity contribution is 7.99. The van der Waals surface area contributed by atoms with E-state index in [4.69, 9.17) is 16.7 Å². The number of nitrogens with zero attached hydrogens (tertiary/aromatic N) is 1. The van der Waals surface area contributed by atoms with E-state index in [1.54, 1.807) is 12.1 Å². The zero-order valence-corrected chi connectivity index (χ0v) is 10.5. The number of carbonyl (C=O) groups is 1. The summed E-state index contributed by atoms with van der Waals surface area (Å²) in [5, 5.41) is 9.16. The van der Waals surface area contributed by atoms with Gasteiger partial charge in [-0.15, -0.1) is 0 Å². The van der Waals surface area contributed by atoms with Gasteiger partial charge in [0.05, 0.1) is 11.9 Å². The number of benzene rings is 1. The number of rotatable bonds is 3. The molecule has 0 saturated heterocycles. The summed E-state index contributed by atoms with van der Waals surface area (Å²) >= 11 is 7.00. The van der Waals surface area contributed by atoms with Crippen LogP contribution in [-0.2, 0) is 0 Å². The number of nitrogens with one attached hydrogen (secondary N) is 1. The lowest BCUT2D eigenvalue weighted by Gasteiger charge is -2.02. The number of aromatic carboxylic acids is 1. The molecule has 0 atom stereocenters. The van der Waals surface area contributed by atoms with E-state index in [-0.39, 0.29) is 10.6 Å². The maximum absolute atomic E-state index is 11.3. The molecule has 2 aromatic rings. The second-order valence-corrected chi connectivity index (χ2v) is 4.72. The molecule has 1 aromatic carbocycles. The van der Waals surface area contributed by atoms with Gasteiger partial charge in [-0.25, -0.2) is 9.78 Å². The molecule has 0 aliphatic heterocycles. The first-order valence-corrected chi connectivity index (χ1v) is 6.02. The summed E-state index contributed by atoms with van der Waals surface area (Å²) in [5.74, 6) is -0.987. The van der Waals surface area contributed by atoms with Crippen molar-refractivity contribution in [2.75, 3.05) is 0 Å². The van der Waals surface area contributed by atoms with Gasteiger partial charge < -0.3 is 10.1 Å². The minimum Gasteiger partial charge on any atom is -0.478 e. The SMILES string of the molecule is O=C(O)c1ccc(Sc2nc[nH]c(=O)c2Cl)cc1. The molecule has 5 nitrogen and oxygen atoms in total. The van der Waals surface area contributed by atoms with E-state index in [9.17, 15) is 9.59 Å². The van der Waals surface area contributed by atoms with Crippen LogP contribution in [0, 0.1) is 0 Å². The molecule has 2 rings (SSSR count). The standard InChI is InChI=1S/C11H7ClN2O3S/c12-8-9(15)13-5-14-10(8)18-7-3-1-6(2-4-7)11(16)17/h1-5H,(H,16,17)(H,13,14,15). The Hall–Kier alpha value is -1.79. The fourth-order valence-corrected chi connectivity index (χ4v) is 2.22. The van der Waals surface area contributed by atoms with Crippen molar-refractivity contribution in [2.45, 2.75) is 9.92 Å². The van der Waals surface area contributed by atoms with E-state index in [2.05, 4.69) is 9.97 Å². The van der Waals surface area contributed by atoms with E-state index >= 15 is 0 Å². The molecule has 0 bridgehead atoms. The average molecular weight is 283 g/mol. The number of aromatic nitrogens is 2. The smallest absolute Gasteiger partial charge is 0.335 e. The molecule has 0 aliphatic rings. The Labute approximate surface area is 111 Å². The second kappa shape index (κ2) is 5.24. The molecule has 2 N–H and O–H groups in total. The van der Waals surface area contributed by atoms with E-state index < -0.39 is 11.5 Å². The Morgan fingerprint density at radius 2 is 2.00 bits per heavy atom. The topological polar surface area (TPSA) is 83.0 Å². The predicted molar refractivity (Wildman–Crippen MR) is 67.4 cm³/mol. The average Bonchev–Trinajstić information content (AvgIpc) is 2.36. The highest BCUT2D eigenvalue weighted by atomic mass is 35.5. The zero-order valence-electron chi connectivity index (χ0n) is 8.88. The van der Waals surface area contributed by atoms with Crippen molar-refractivity contribution in [1.29, 1.82) is 0 Å². The van der Waals surface area contributed by atoms with Crippen LogP contribution in [0.3, 0.4) is 0 Å².